The second kappa shape index (κ2) is 7.19. The Labute approximate surface area is 130 Å². The second-order valence-corrected chi connectivity index (χ2v) is 4.98. The molecule has 0 saturated carbocycles. The number of para-hydroxylation sites is 1. The quantitative estimate of drug-likeness (QED) is 0.886. The van der Waals surface area contributed by atoms with Gasteiger partial charge in [-0.3, -0.25) is 14.7 Å². The van der Waals surface area contributed by atoms with Crippen molar-refractivity contribution in [3.63, 3.8) is 0 Å². The first-order chi connectivity index (χ1) is 9.54. The molecule has 2 rings (SSSR count). The summed E-state index contributed by atoms with van der Waals surface area (Å²) < 4.78 is 1.71. The lowest BCUT2D eigenvalue weighted by atomic mass is 9.97. The van der Waals surface area contributed by atoms with Gasteiger partial charge < -0.3 is 5.73 Å². The predicted octanol–water partition coefficient (Wildman–Crippen LogP) is 2.15. The molecule has 0 saturated heterocycles. The molecule has 0 aliphatic carbocycles. The SMILES string of the molecule is CCCC(C)(N)C(=O)Nc1nncn1-c1ccccc1.Cl. The monoisotopic (exact) mass is 309 g/mol. The number of nitrogens with one attached hydrogen (secondary N) is 1. The van der Waals surface area contributed by atoms with Crippen LogP contribution in [0, 0.1) is 0 Å². The van der Waals surface area contributed by atoms with Crippen molar-refractivity contribution in [3.05, 3.63) is 36.7 Å². The second-order valence-electron chi connectivity index (χ2n) is 4.98. The first-order valence-electron chi connectivity index (χ1n) is 6.60. The zero-order valence-electron chi connectivity index (χ0n) is 12.1. The van der Waals surface area contributed by atoms with Gasteiger partial charge in [-0.2, -0.15) is 0 Å². The van der Waals surface area contributed by atoms with Gasteiger partial charge in [0.1, 0.15) is 6.33 Å². The van der Waals surface area contributed by atoms with E-state index in [2.05, 4.69) is 15.5 Å². The number of carbonyl (C=O) groups is 1. The van der Waals surface area contributed by atoms with Crippen molar-refractivity contribution in [2.75, 3.05) is 5.32 Å². The minimum Gasteiger partial charge on any atom is -0.318 e. The number of rotatable bonds is 5. The Kier molecular flexibility index (Phi) is 5.87. The Morgan fingerprint density at radius 2 is 2.05 bits per heavy atom. The van der Waals surface area contributed by atoms with Gasteiger partial charge in [0.05, 0.1) is 11.2 Å². The number of nitrogens with zero attached hydrogens (tertiary/aromatic N) is 3. The molecule has 0 radical (unpaired) electrons. The Hall–Kier alpha value is -1.92. The van der Waals surface area contributed by atoms with Crippen molar-refractivity contribution >= 4 is 24.3 Å². The van der Waals surface area contributed by atoms with Crippen molar-refractivity contribution in [2.45, 2.75) is 32.2 Å². The molecule has 6 nitrogen and oxygen atoms in total. The number of hydrogen-bond donors (Lipinski definition) is 2. The van der Waals surface area contributed by atoms with E-state index in [1.165, 1.54) is 0 Å². The molecule has 0 aliphatic rings. The van der Waals surface area contributed by atoms with Crippen molar-refractivity contribution in [2.24, 2.45) is 5.73 Å². The Balaban J connectivity index is 0.00000220. The van der Waals surface area contributed by atoms with Gasteiger partial charge in [-0.15, -0.1) is 22.6 Å². The number of halogens is 1. The van der Waals surface area contributed by atoms with Crippen LogP contribution in [0.15, 0.2) is 36.7 Å². The minimum absolute atomic E-state index is 0. The summed E-state index contributed by atoms with van der Waals surface area (Å²) in [5.74, 6) is 0.110. The van der Waals surface area contributed by atoms with Crippen molar-refractivity contribution in [1.29, 1.82) is 0 Å². The minimum atomic E-state index is -0.914. The van der Waals surface area contributed by atoms with Crippen LogP contribution in [0.25, 0.3) is 5.69 Å². The summed E-state index contributed by atoms with van der Waals surface area (Å²) in [4.78, 5) is 12.2. The van der Waals surface area contributed by atoms with Gasteiger partial charge in [-0.05, 0) is 25.5 Å². The molecule has 7 heteroatoms. The zero-order chi connectivity index (χ0) is 14.6. The molecule has 0 fully saturated rings. The fourth-order valence-corrected chi connectivity index (χ4v) is 1.97. The van der Waals surface area contributed by atoms with E-state index in [-0.39, 0.29) is 18.3 Å². The number of hydrogen-bond acceptors (Lipinski definition) is 4. The van der Waals surface area contributed by atoms with E-state index in [9.17, 15) is 4.79 Å². The van der Waals surface area contributed by atoms with Crippen LogP contribution in [0.5, 0.6) is 0 Å². The van der Waals surface area contributed by atoms with Gasteiger partial charge in [0.25, 0.3) is 0 Å². The fourth-order valence-electron chi connectivity index (χ4n) is 1.97. The first-order valence-corrected chi connectivity index (χ1v) is 6.60. The number of aromatic nitrogens is 3. The molecule has 1 aromatic heterocycles. The molecule has 0 bridgehead atoms. The normalized spacial score (nSPS) is 13.1. The maximum atomic E-state index is 12.2. The number of amides is 1. The Bertz CT molecular complexity index is 582. The zero-order valence-corrected chi connectivity index (χ0v) is 12.9. The molecule has 0 spiro atoms. The van der Waals surface area contributed by atoms with E-state index < -0.39 is 5.54 Å². The van der Waals surface area contributed by atoms with Crippen LogP contribution in [-0.4, -0.2) is 26.2 Å². The molecule has 2 aromatic rings. The van der Waals surface area contributed by atoms with Crippen LogP contribution in [0.2, 0.25) is 0 Å². The van der Waals surface area contributed by atoms with Crippen LogP contribution >= 0.6 is 12.4 Å². The molecule has 1 aromatic carbocycles. The largest absolute Gasteiger partial charge is 0.318 e. The van der Waals surface area contributed by atoms with E-state index in [0.717, 1.165) is 12.1 Å². The van der Waals surface area contributed by atoms with Gasteiger partial charge in [-0.1, -0.05) is 31.5 Å². The van der Waals surface area contributed by atoms with Gasteiger partial charge in [0, 0.05) is 0 Å². The van der Waals surface area contributed by atoms with Crippen molar-refractivity contribution in [3.8, 4) is 5.69 Å². The highest BCUT2D eigenvalue weighted by molar-refractivity contribution is 5.96. The summed E-state index contributed by atoms with van der Waals surface area (Å²) in [6.45, 7) is 3.71. The molecule has 0 aliphatic heterocycles. The van der Waals surface area contributed by atoms with Crippen LogP contribution in [0.3, 0.4) is 0 Å². The molecular formula is C14H20ClN5O. The van der Waals surface area contributed by atoms with Crippen LogP contribution in [0.1, 0.15) is 26.7 Å². The summed E-state index contributed by atoms with van der Waals surface area (Å²) >= 11 is 0. The van der Waals surface area contributed by atoms with Crippen LogP contribution in [0.4, 0.5) is 5.95 Å². The lowest BCUT2D eigenvalue weighted by Crippen LogP contribution is -2.48. The third-order valence-electron chi connectivity index (χ3n) is 3.10. The Morgan fingerprint density at radius 1 is 1.38 bits per heavy atom. The average molecular weight is 310 g/mol. The number of anilines is 1. The third kappa shape index (κ3) is 4.03. The maximum Gasteiger partial charge on any atom is 0.246 e. The fraction of sp³-hybridized carbons (Fsp3) is 0.357. The molecular weight excluding hydrogens is 290 g/mol. The lowest BCUT2D eigenvalue weighted by Gasteiger charge is -2.22. The summed E-state index contributed by atoms with van der Waals surface area (Å²) in [7, 11) is 0. The lowest BCUT2D eigenvalue weighted by molar-refractivity contribution is -0.120. The predicted molar refractivity (Wildman–Crippen MR) is 84.7 cm³/mol. The smallest absolute Gasteiger partial charge is 0.246 e. The van der Waals surface area contributed by atoms with E-state index in [1.807, 2.05) is 37.3 Å². The first kappa shape index (κ1) is 17.1. The highest BCUT2D eigenvalue weighted by Gasteiger charge is 2.28. The van der Waals surface area contributed by atoms with Gasteiger partial charge in [0.2, 0.25) is 11.9 Å². The maximum absolute atomic E-state index is 12.2. The Morgan fingerprint density at radius 3 is 2.67 bits per heavy atom. The molecule has 21 heavy (non-hydrogen) atoms. The van der Waals surface area contributed by atoms with Gasteiger partial charge in [0.15, 0.2) is 0 Å². The molecule has 114 valence electrons. The van der Waals surface area contributed by atoms with Gasteiger partial charge >= 0.3 is 0 Å². The summed E-state index contributed by atoms with van der Waals surface area (Å²) in [5, 5.41) is 10.5. The van der Waals surface area contributed by atoms with E-state index in [0.29, 0.717) is 12.4 Å². The molecule has 1 unspecified atom stereocenters. The van der Waals surface area contributed by atoms with Gasteiger partial charge in [-0.25, -0.2) is 0 Å². The van der Waals surface area contributed by atoms with E-state index in [1.54, 1.807) is 17.8 Å². The van der Waals surface area contributed by atoms with E-state index >= 15 is 0 Å². The highest BCUT2D eigenvalue weighted by Crippen LogP contribution is 2.15. The number of nitrogens with two attached hydrogens (primary N) is 1. The highest BCUT2D eigenvalue weighted by atomic mass is 35.5. The van der Waals surface area contributed by atoms with Crippen molar-refractivity contribution in [1.82, 2.24) is 14.8 Å². The van der Waals surface area contributed by atoms with Crippen LogP contribution in [-0.2, 0) is 4.79 Å². The molecule has 1 heterocycles. The number of benzene rings is 1. The van der Waals surface area contributed by atoms with Crippen LogP contribution < -0.4 is 11.1 Å². The molecule has 3 N–H and O–H groups in total. The molecule has 1 amide bonds. The molecule has 1 atom stereocenters. The number of carbonyl (C=O) groups excluding carboxylic acids is 1. The van der Waals surface area contributed by atoms with E-state index in [4.69, 9.17) is 5.73 Å². The topological polar surface area (TPSA) is 85.8 Å². The standard InChI is InChI=1S/C14H19N5O.ClH/c1-3-9-14(2,15)12(20)17-13-18-16-10-19(13)11-7-5-4-6-8-11;/h4-8,10H,3,9,15H2,1-2H3,(H,17,18,20);1H. The summed E-state index contributed by atoms with van der Waals surface area (Å²) in [5.41, 5.74) is 5.97. The summed E-state index contributed by atoms with van der Waals surface area (Å²) in [6.07, 6.45) is 3.00. The van der Waals surface area contributed by atoms with Crippen molar-refractivity contribution < 1.29 is 4.79 Å². The average Bonchev–Trinajstić information content (AvgIpc) is 2.88. The summed E-state index contributed by atoms with van der Waals surface area (Å²) in [6, 6.07) is 9.56. The third-order valence-corrected chi connectivity index (χ3v) is 3.10.